The molecule has 2 aromatic rings. The monoisotopic (exact) mass is 326 g/mol. The summed E-state index contributed by atoms with van der Waals surface area (Å²) in [5, 5.41) is 4.27. The van der Waals surface area contributed by atoms with Gasteiger partial charge < -0.3 is 4.90 Å². The van der Waals surface area contributed by atoms with Gasteiger partial charge in [-0.1, -0.05) is 29.8 Å². The Morgan fingerprint density at radius 3 is 2.75 bits per heavy atom. The van der Waals surface area contributed by atoms with E-state index in [1.165, 1.54) is 16.7 Å². The molecule has 0 saturated carbocycles. The van der Waals surface area contributed by atoms with Crippen LogP contribution in [-0.4, -0.2) is 45.6 Å². The predicted molar refractivity (Wildman–Crippen MR) is 94.4 cm³/mol. The second kappa shape index (κ2) is 7.18. The first kappa shape index (κ1) is 16.7. The molecule has 1 amide bonds. The molecule has 1 aromatic heterocycles. The van der Waals surface area contributed by atoms with Gasteiger partial charge in [0.1, 0.15) is 0 Å². The van der Waals surface area contributed by atoms with Crippen molar-refractivity contribution >= 4 is 5.91 Å². The summed E-state index contributed by atoms with van der Waals surface area (Å²) >= 11 is 0. The van der Waals surface area contributed by atoms with Gasteiger partial charge in [0.15, 0.2) is 0 Å². The maximum atomic E-state index is 12.6. The lowest BCUT2D eigenvalue weighted by Gasteiger charge is -2.26. The van der Waals surface area contributed by atoms with Crippen molar-refractivity contribution in [2.75, 3.05) is 20.1 Å². The molecule has 2 heterocycles. The van der Waals surface area contributed by atoms with Crippen LogP contribution in [0.25, 0.3) is 0 Å². The number of hydrogen-bond donors (Lipinski definition) is 0. The Morgan fingerprint density at radius 2 is 2.08 bits per heavy atom. The fourth-order valence-electron chi connectivity index (χ4n) is 3.36. The largest absolute Gasteiger partial charge is 0.340 e. The van der Waals surface area contributed by atoms with Gasteiger partial charge in [0, 0.05) is 38.4 Å². The van der Waals surface area contributed by atoms with Gasteiger partial charge in [0.2, 0.25) is 5.91 Å². The quantitative estimate of drug-likeness (QED) is 0.848. The summed E-state index contributed by atoms with van der Waals surface area (Å²) in [6.45, 7) is 4.18. The van der Waals surface area contributed by atoms with E-state index in [0.717, 1.165) is 19.4 Å². The summed E-state index contributed by atoms with van der Waals surface area (Å²) in [7, 11) is 3.82. The molecule has 1 unspecified atom stereocenters. The molecule has 1 saturated heterocycles. The topological polar surface area (TPSA) is 41.4 Å². The molecule has 1 aliphatic rings. The molecule has 24 heavy (non-hydrogen) atoms. The molecule has 0 spiro atoms. The number of carbonyl (C=O) groups is 1. The first-order chi connectivity index (χ1) is 11.5. The summed E-state index contributed by atoms with van der Waals surface area (Å²) in [4.78, 5) is 16.7. The normalized spacial score (nSPS) is 18.0. The third-order valence-electron chi connectivity index (χ3n) is 4.78. The Balaban J connectivity index is 1.59. The van der Waals surface area contributed by atoms with Crippen molar-refractivity contribution in [3.05, 3.63) is 53.3 Å². The maximum absolute atomic E-state index is 12.6. The van der Waals surface area contributed by atoms with Crippen LogP contribution in [0.1, 0.15) is 35.6 Å². The van der Waals surface area contributed by atoms with Crippen molar-refractivity contribution in [1.82, 2.24) is 19.6 Å². The number of benzene rings is 1. The molecule has 5 nitrogen and oxygen atoms in total. The van der Waals surface area contributed by atoms with E-state index in [4.69, 9.17) is 0 Å². The van der Waals surface area contributed by atoms with E-state index in [-0.39, 0.29) is 5.91 Å². The second-order valence-electron chi connectivity index (χ2n) is 6.81. The highest BCUT2D eigenvalue weighted by Crippen LogP contribution is 2.31. The molecule has 3 rings (SSSR count). The van der Waals surface area contributed by atoms with Crippen LogP contribution in [0.2, 0.25) is 0 Å². The zero-order valence-corrected chi connectivity index (χ0v) is 14.8. The number of hydrogen-bond acceptors (Lipinski definition) is 3. The van der Waals surface area contributed by atoms with Crippen LogP contribution < -0.4 is 0 Å². The van der Waals surface area contributed by atoms with Crippen molar-refractivity contribution in [3.8, 4) is 0 Å². The van der Waals surface area contributed by atoms with E-state index >= 15 is 0 Å². The first-order valence-corrected chi connectivity index (χ1v) is 8.55. The molecule has 1 atom stereocenters. The lowest BCUT2D eigenvalue weighted by Crippen LogP contribution is -2.37. The third-order valence-corrected chi connectivity index (χ3v) is 4.78. The Morgan fingerprint density at radius 1 is 1.33 bits per heavy atom. The van der Waals surface area contributed by atoms with Gasteiger partial charge in [-0.3, -0.25) is 14.4 Å². The summed E-state index contributed by atoms with van der Waals surface area (Å²) in [5.74, 6) is 0.173. The molecule has 128 valence electrons. The number of nitrogens with zero attached hydrogens (tertiary/aromatic N) is 4. The van der Waals surface area contributed by atoms with Crippen LogP contribution in [0, 0.1) is 6.92 Å². The SMILES string of the molecule is Cc1ccc(CN(C)C(=O)CN2CCCC2c2cnn(C)c2)cc1. The fourth-order valence-corrected chi connectivity index (χ4v) is 3.36. The van der Waals surface area contributed by atoms with E-state index in [0.29, 0.717) is 19.1 Å². The molecule has 0 radical (unpaired) electrons. The van der Waals surface area contributed by atoms with Crippen LogP contribution in [0.4, 0.5) is 0 Å². The summed E-state index contributed by atoms with van der Waals surface area (Å²) in [5.41, 5.74) is 3.62. The van der Waals surface area contributed by atoms with E-state index in [9.17, 15) is 4.79 Å². The number of amides is 1. The molecular formula is C19H26N4O. The van der Waals surface area contributed by atoms with Gasteiger partial charge in [0.05, 0.1) is 12.7 Å². The second-order valence-corrected chi connectivity index (χ2v) is 6.81. The molecule has 1 aromatic carbocycles. The number of likely N-dealkylation sites (tertiary alicyclic amines) is 1. The highest BCUT2D eigenvalue weighted by atomic mass is 16.2. The van der Waals surface area contributed by atoms with E-state index in [1.807, 2.05) is 29.9 Å². The van der Waals surface area contributed by atoms with Crippen molar-refractivity contribution in [3.63, 3.8) is 0 Å². The van der Waals surface area contributed by atoms with Crippen LogP contribution in [-0.2, 0) is 18.4 Å². The Kier molecular flexibility index (Phi) is 5.00. The minimum absolute atomic E-state index is 0.173. The van der Waals surface area contributed by atoms with Gasteiger partial charge in [-0.15, -0.1) is 0 Å². The lowest BCUT2D eigenvalue weighted by atomic mass is 10.1. The number of likely N-dealkylation sites (N-methyl/N-ethyl adjacent to an activating group) is 1. The molecule has 5 heteroatoms. The average Bonchev–Trinajstić information content (AvgIpc) is 3.18. The zero-order chi connectivity index (χ0) is 17.1. The molecule has 1 fully saturated rings. The van der Waals surface area contributed by atoms with E-state index in [1.54, 1.807) is 0 Å². The fraction of sp³-hybridized carbons (Fsp3) is 0.474. The third kappa shape index (κ3) is 3.85. The summed E-state index contributed by atoms with van der Waals surface area (Å²) < 4.78 is 1.83. The highest BCUT2D eigenvalue weighted by Gasteiger charge is 2.29. The Bertz CT molecular complexity index is 692. The van der Waals surface area contributed by atoms with Crippen LogP contribution in [0.3, 0.4) is 0 Å². The van der Waals surface area contributed by atoms with Gasteiger partial charge in [0.25, 0.3) is 0 Å². The molecular weight excluding hydrogens is 300 g/mol. The Labute approximate surface area is 143 Å². The number of aryl methyl sites for hydroxylation is 2. The van der Waals surface area contributed by atoms with Crippen LogP contribution >= 0.6 is 0 Å². The number of rotatable bonds is 5. The lowest BCUT2D eigenvalue weighted by molar-refractivity contribution is -0.131. The summed E-state index contributed by atoms with van der Waals surface area (Å²) in [6.07, 6.45) is 6.21. The van der Waals surface area contributed by atoms with Gasteiger partial charge >= 0.3 is 0 Å². The van der Waals surface area contributed by atoms with Gasteiger partial charge in [-0.25, -0.2) is 0 Å². The standard InChI is InChI=1S/C19H26N4O/c1-15-6-8-16(9-7-15)12-21(2)19(24)14-23-10-4-5-18(23)17-11-20-22(3)13-17/h6-9,11,13,18H,4-5,10,12,14H2,1-3H3. The van der Waals surface area contributed by atoms with Crippen LogP contribution in [0.15, 0.2) is 36.7 Å². The van der Waals surface area contributed by atoms with Gasteiger partial charge in [-0.05, 0) is 31.9 Å². The Hall–Kier alpha value is -2.14. The van der Waals surface area contributed by atoms with E-state index < -0.39 is 0 Å². The highest BCUT2D eigenvalue weighted by molar-refractivity contribution is 5.78. The van der Waals surface area contributed by atoms with Crippen molar-refractivity contribution < 1.29 is 4.79 Å². The van der Waals surface area contributed by atoms with Crippen molar-refractivity contribution in [2.24, 2.45) is 7.05 Å². The molecule has 0 aliphatic carbocycles. The maximum Gasteiger partial charge on any atom is 0.236 e. The average molecular weight is 326 g/mol. The van der Waals surface area contributed by atoms with E-state index in [2.05, 4.69) is 47.4 Å². The van der Waals surface area contributed by atoms with Crippen molar-refractivity contribution in [2.45, 2.75) is 32.4 Å². The summed E-state index contributed by atoms with van der Waals surface area (Å²) in [6, 6.07) is 8.68. The molecule has 1 aliphatic heterocycles. The first-order valence-electron chi connectivity index (χ1n) is 8.55. The van der Waals surface area contributed by atoms with Gasteiger partial charge in [-0.2, -0.15) is 5.10 Å². The molecule has 0 bridgehead atoms. The molecule has 0 N–H and O–H groups in total. The van der Waals surface area contributed by atoms with Crippen LogP contribution in [0.5, 0.6) is 0 Å². The number of aromatic nitrogens is 2. The predicted octanol–water partition coefficient (Wildman–Crippen LogP) is 2.52. The van der Waals surface area contributed by atoms with Crippen molar-refractivity contribution in [1.29, 1.82) is 0 Å². The minimum Gasteiger partial charge on any atom is -0.340 e. The zero-order valence-electron chi connectivity index (χ0n) is 14.8. The smallest absolute Gasteiger partial charge is 0.236 e. The minimum atomic E-state index is 0.173. The number of carbonyl (C=O) groups excluding carboxylic acids is 1.